The molecule has 1 saturated heterocycles. The van der Waals surface area contributed by atoms with E-state index < -0.39 is 18.1 Å². The minimum atomic E-state index is -1.06. The van der Waals surface area contributed by atoms with Gasteiger partial charge in [-0.2, -0.15) is 0 Å². The maximum absolute atomic E-state index is 11.8. The van der Waals surface area contributed by atoms with Crippen LogP contribution in [-0.2, 0) is 20.9 Å². The molecule has 0 aliphatic carbocycles. The lowest BCUT2D eigenvalue weighted by molar-refractivity contribution is -0.139. The molecule has 7 nitrogen and oxygen atoms in total. The number of morpholine rings is 1. The monoisotopic (exact) mass is 322 g/mol. The number of aliphatic carboxylic acids is 1. The van der Waals surface area contributed by atoms with Crippen molar-refractivity contribution in [2.24, 2.45) is 0 Å². The minimum Gasteiger partial charge on any atom is -0.480 e. The van der Waals surface area contributed by atoms with Gasteiger partial charge in [0, 0.05) is 19.6 Å². The molecule has 1 fully saturated rings. The van der Waals surface area contributed by atoms with E-state index in [-0.39, 0.29) is 6.61 Å². The number of rotatable bonds is 7. The first kappa shape index (κ1) is 17.2. The highest BCUT2D eigenvalue weighted by atomic mass is 16.5. The number of carboxylic acid groups (broad SMARTS) is 1. The number of benzene rings is 1. The van der Waals surface area contributed by atoms with Crippen molar-refractivity contribution < 1.29 is 24.2 Å². The second kappa shape index (κ2) is 9.12. The SMILES string of the molecule is O=C(N[C@@H](CCN1CCOCC1)C(=O)O)OCc1ccccc1. The summed E-state index contributed by atoms with van der Waals surface area (Å²) in [7, 11) is 0. The molecule has 1 atom stereocenters. The molecule has 0 radical (unpaired) electrons. The molecule has 1 aliphatic rings. The lowest BCUT2D eigenvalue weighted by Crippen LogP contribution is -2.45. The largest absolute Gasteiger partial charge is 0.480 e. The molecule has 2 rings (SSSR count). The van der Waals surface area contributed by atoms with Crippen LogP contribution < -0.4 is 5.32 Å². The number of nitrogens with zero attached hydrogens (tertiary/aromatic N) is 1. The Morgan fingerprint density at radius 2 is 1.96 bits per heavy atom. The van der Waals surface area contributed by atoms with Crippen LogP contribution in [0.2, 0.25) is 0 Å². The van der Waals surface area contributed by atoms with Crippen LogP contribution in [0.15, 0.2) is 30.3 Å². The fraction of sp³-hybridized carbons (Fsp3) is 0.500. The molecular weight excluding hydrogens is 300 g/mol. The van der Waals surface area contributed by atoms with Crippen LogP contribution in [0.1, 0.15) is 12.0 Å². The zero-order chi connectivity index (χ0) is 16.5. The van der Waals surface area contributed by atoms with E-state index in [2.05, 4.69) is 10.2 Å². The van der Waals surface area contributed by atoms with Crippen LogP contribution in [0.5, 0.6) is 0 Å². The molecule has 126 valence electrons. The molecule has 23 heavy (non-hydrogen) atoms. The Labute approximate surface area is 135 Å². The normalized spacial score (nSPS) is 16.5. The molecular formula is C16H22N2O5. The molecule has 0 bridgehead atoms. The first-order valence-electron chi connectivity index (χ1n) is 7.65. The van der Waals surface area contributed by atoms with Gasteiger partial charge in [-0.1, -0.05) is 30.3 Å². The summed E-state index contributed by atoms with van der Waals surface area (Å²) in [5.41, 5.74) is 0.850. The number of alkyl carbamates (subject to hydrolysis) is 1. The smallest absolute Gasteiger partial charge is 0.408 e. The van der Waals surface area contributed by atoms with Crippen molar-refractivity contribution in [1.29, 1.82) is 0 Å². The lowest BCUT2D eigenvalue weighted by atomic mass is 10.2. The van der Waals surface area contributed by atoms with Crippen molar-refractivity contribution in [1.82, 2.24) is 10.2 Å². The van der Waals surface area contributed by atoms with Crippen LogP contribution in [0.3, 0.4) is 0 Å². The number of hydrogen-bond donors (Lipinski definition) is 2. The number of carbonyl (C=O) groups excluding carboxylic acids is 1. The predicted octanol–water partition coefficient (Wildman–Crippen LogP) is 1.09. The Kier molecular flexibility index (Phi) is 6.83. The minimum absolute atomic E-state index is 0.114. The highest BCUT2D eigenvalue weighted by Crippen LogP contribution is 2.03. The number of hydrogen-bond acceptors (Lipinski definition) is 5. The first-order chi connectivity index (χ1) is 11.1. The molecule has 0 aromatic heterocycles. The summed E-state index contributed by atoms with van der Waals surface area (Å²) >= 11 is 0. The van der Waals surface area contributed by atoms with Crippen LogP contribution in [0.4, 0.5) is 4.79 Å². The third-order valence-electron chi connectivity index (χ3n) is 3.64. The number of carboxylic acids is 1. The summed E-state index contributed by atoms with van der Waals surface area (Å²) in [6.07, 6.45) is -0.390. The Morgan fingerprint density at radius 1 is 1.26 bits per heavy atom. The zero-order valence-electron chi connectivity index (χ0n) is 12.9. The summed E-state index contributed by atoms with van der Waals surface area (Å²) in [5.74, 6) is -1.06. The van der Waals surface area contributed by atoms with E-state index in [0.29, 0.717) is 26.2 Å². The summed E-state index contributed by atoms with van der Waals surface area (Å²) in [4.78, 5) is 25.1. The summed E-state index contributed by atoms with van der Waals surface area (Å²) in [5, 5.41) is 11.6. The number of nitrogens with one attached hydrogen (secondary N) is 1. The van der Waals surface area contributed by atoms with E-state index in [4.69, 9.17) is 9.47 Å². The second-order valence-corrected chi connectivity index (χ2v) is 5.34. The molecule has 7 heteroatoms. The number of amides is 1. The molecule has 0 spiro atoms. The van der Waals surface area contributed by atoms with Gasteiger partial charge in [0.1, 0.15) is 12.6 Å². The second-order valence-electron chi connectivity index (χ2n) is 5.34. The van der Waals surface area contributed by atoms with Crippen LogP contribution in [0.25, 0.3) is 0 Å². The third-order valence-corrected chi connectivity index (χ3v) is 3.64. The standard InChI is InChI=1S/C16H22N2O5/c19-15(20)14(6-7-18-8-10-22-11-9-18)17-16(21)23-12-13-4-2-1-3-5-13/h1-5,14H,6-12H2,(H,17,21)(H,19,20)/t14-/m0/s1. The van der Waals surface area contributed by atoms with Crippen molar-refractivity contribution >= 4 is 12.1 Å². The Hall–Kier alpha value is -2.12. The fourth-order valence-electron chi connectivity index (χ4n) is 2.30. The summed E-state index contributed by atoms with van der Waals surface area (Å²) in [6.45, 7) is 3.59. The highest BCUT2D eigenvalue weighted by Gasteiger charge is 2.22. The molecule has 0 unspecified atom stereocenters. The predicted molar refractivity (Wildman–Crippen MR) is 83.1 cm³/mol. The topological polar surface area (TPSA) is 88.1 Å². The van der Waals surface area contributed by atoms with Crippen molar-refractivity contribution in [3.63, 3.8) is 0 Å². The number of carbonyl (C=O) groups is 2. The van der Waals surface area contributed by atoms with Gasteiger partial charge in [0.05, 0.1) is 13.2 Å². The van der Waals surface area contributed by atoms with E-state index in [1.807, 2.05) is 30.3 Å². The number of ether oxygens (including phenoxy) is 2. The summed E-state index contributed by atoms with van der Waals surface area (Å²) < 4.78 is 10.3. The molecule has 1 amide bonds. The lowest BCUT2D eigenvalue weighted by Gasteiger charge is -2.27. The van der Waals surface area contributed by atoms with Gasteiger partial charge in [0.15, 0.2) is 0 Å². The van der Waals surface area contributed by atoms with Crippen molar-refractivity contribution in [2.75, 3.05) is 32.8 Å². The highest BCUT2D eigenvalue weighted by molar-refractivity contribution is 5.79. The fourth-order valence-corrected chi connectivity index (χ4v) is 2.30. The molecule has 1 aromatic carbocycles. The summed E-state index contributed by atoms with van der Waals surface area (Å²) in [6, 6.07) is 8.27. The van der Waals surface area contributed by atoms with Crippen molar-refractivity contribution in [3.8, 4) is 0 Å². The molecule has 1 aliphatic heterocycles. The van der Waals surface area contributed by atoms with Crippen molar-refractivity contribution in [3.05, 3.63) is 35.9 Å². The maximum Gasteiger partial charge on any atom is 0.408 e. The molecule has 1 aromatic rings. The van der Waals surface area contributed by atoms with Crippen LogP contribution in [0, 0.1) is 0 Å². The van der Waals surface area contributed by atoms with Gasteiger partial charge in [-0.15, -0.1) is 0 Å². The van der Waals surface area contributed by atoms with E-state index in [1.165, 1.54) is 0 Å². The molecule has 2 N–H and O–H groups in total. The van der Waals surface area contributed by atoms with Gasteiger partial charge in [-0.25, -0.2) is 9.59 Å². The quantitative estimate of drug-likeness (QED) is 0.781. The Balaban J connectivity index is 1.74. The Morgan fingerprint density at radius 3 is 2.61 bits per heavy atom. The van der Waals surface area contributed by atoms with Gasteiger partial charge in [-0.05, 0) is 12.0 Å². The third kappa shape index (κ3) is 6.25. The van der Waals surface area contributed by atoms with E-state index in [1.54, 1.807) is 0 Å². The molecule has 1 heterocycles. The van der Waals surface area contributed by atoms with Gasteiger partial charge < -0.3 is 19.9 Å². The van der Waals surface area contributed by atoms with Crippen LogP contribution >= 0.6 is 0 Å². The van der Waals surface area contributed by atoms with Crippen molar-refractivity contribution in [2.45, 2.75) is 19.1 Å². The van der Waals surface area contributed by atoms with E-state index in [9.17, 15) is 14.7 Å². The Bertz CT molecular complexity index is 502. The first-order valence-corrected chi connectivity index (χ1v) is 7.65. The van der Waals surface area contributed by atoms with Gasteiger partial charge in [-0.3, -0.25) is 4.90 Å². The van der Waals surface area contributed by atoms with E-state index >= 15 is 0 Å². The average molecular weight is 322 g/mol. The maximum atomic E-state index is 11.8. The molecule has 0 saturated carbocycles. The van der Waals surface area contributed by atoms with Gasteiger partial charge in [0.2, 0.25) is 0 Å². The average Bonchev–Trinajstić information content (AvgIpc) is 2.58. The van der Waals surface area contributed by atoms with Gasteiger partial charge in [0.25, 0.3) is 0 Å². The van der Waals surface area contributed by atoms with Crippen LogP contribution in [-0.4, -0.2) is 61.0 Å². The van der Waals surface area contributed by atoms with E-state index in [0.717, 1.165) is 18.7 Å². The van der Waals surface area contributed by atoms with Gasteiger partial charge >= 0.3 is 12.1 Å². The zero-order valence-corrected chi connectivity index (χ0v) is 12.9.